The molecule has 0 aliphatic carbocycles. The summed E-state index contributed by atoms with van der Waals surface area (Å²) >= 11 is 0. The first kappa shape index (κ1) is 23.7. The van der Waals surface area contributed by atoms with Crippen molar-refractivity contribution < 1.29 is 28.8 Å². The number of benzene rings is 2. The average Bonchev–Trinajstić information content (AvgIpc) is 2.72. The molecule has 2 aromatic carbocycles. The summed E-state index contributed by atoms with van der Waals surface area (Å²) in [6.07, 6.45) is 0.261. The highest BCUT2D eigenvalue weighted by Gasteiger charge is 2.38. The van der Waals surface area contributed by atoms with E-state index in [-0.39, 0.29) is 29.2 Å². The number of esters is 2. The van der Waals surface area contributed by atoms with Gasteiger partial charge >= 0.3 is 11.9 Å². The van der Waals surface area contributed by atoms with Gasteiger partial charge in [0.25, 0.3) is 5.69 Å². The van der Waals surface area contributed by atoms with E-state index in [9.17, 15) is 24.5 Å². The molecule has 0 N–H and O–H groups in total. The Morgan fingerprint density at radius 1 is 0.968 bits per heavy atom. The zero-order valence-electron chi connectivity index (χ0n) is 17.7. The van der Waals surface area contributed by atoms with Gasteiger partial charge in [0.15, 0.2) is 0 Å². The summed E-state index contributed by atoms with van der Waals surface area (Å²) in [6.45, 7) is 4.34. The van der Waals surface area contributed by atoms with Crippen LogP contribution >= 0.6 is 0 Å². The molecule has 0 unspecified atom stereocenters. The van der Waals surface area contributed by atoms with Gasteiger partial charge in [-0.1, -0.05) is 43.7 Å². The predicted octanol–water partition coefficient (Wildman–Crippen LogP) is 4.67. The Morgan fingerprint density at radius 2 is 1.58 bits per heavy atom. The summed E-state index contributed by atoms with van der Waals surface area (Å²) in [5.74, 6) is -2.50. The topological polar surface area (TPSA) is 113 Å². The van der Waals surface area contributed by atoms with Crippen molar-refractivity contribution >= 4 is 23.4 Å². The number of carbonyl (C=O) groups is 3. The number of nitrogens with zero attached hydrogens (tertiary/aromatic N) is 1. The maximum atomic E-state index is 13.3. The van der Waals surface area contributed by atoms with Crippen LogP contribution in [0.4, 0.5) is 5.69 Å². The first-order valence-corrected chi connectivity index (χ1v) is 9.96. The van der Waals surface area contributed by atoms with Crippen LogP contribution in [-0.4, -0.2) is 22.6 Å². The summed E-state index contributed by atoms with van der Waals surface area (Å²) in [6, 6.07) is 12.2. The number of nitro benzene ring substituents is 1. The minimum absolute atomic E-state index is 0.0928. The Morgan fingerprint density at radius 3 is 2.16 bits per heavy atom. The molecule has 2 aromatic rings. The summed E-state index contributed by atoms with van der Waals surface area (Å²) in [5.41, 5.74) is 0.144. The van der Waals surface area contributed by atoms with Crippen molar-refractivity contribution in [2.45, 2.75) is 52.1 Å². The van der Waals surface area contributed by atoms with Gasteiger partial charge in [0.2, 0.25) is 0 Å². The molecule has 164 valence electrons. The molecule has 8 heteroatoms. The number of ether oxygens (including phenoxy) is 2. The molecule has 0 spiro atoms. The summed E-state index contributed by atoms with van der Waals surface area (Å²) in [5, 5.41) is 11.6. The second-order valence-electron chi connectivity index (χ2n) is 7.02. The average molecular weight is 427 g/mol. The number of Topliss-reactive ketones (excluding diaryl/α,β-unsaturated/α-hetero) is 1. The van der Waals surface area contributed by atoms with Gasteiger partial charge in [0.1, 0.15) is 17.6 Å². The van der Waals surface area contributed by atoms with Gasteiger partial charge in [-0.15, -0.1) is 0 Å². The first-order chi connectivity index (χ1) is 14.8. The van der Waals surface area contributed by atoms with E-state index in [0.717, 1.165) is 6.42 Å². The quantitative estimate of drug-likeness (QED) is 0.234. The maximum absolute atomic E-state index is 13.3. The van der Waals surface area contributed by atoms with Crippen molar-refractivity contribution in [3.05, 3.63) is 69.8 Å². The van der Waals surface area contributed by atoms with Gasteiger partial charge in [-0.2, -0.15) is 0 Å². The van der Waals surface area contributed by atoms with Gasteiger partial charge < -0.3 is 9.47 Å². The highest BCUT2D eigenvalue weighted by Crippen LogP contribution is 2.43. The number of para-hydroxylation sites is 2. The van der Waals surface area contributed by atoms with E-state index >= 15 is 0 Å². The summed E-state index contributed by atoms with van der Waals surface area (Å²) in [4.78, 5) is 47.9. The minimum Gasteiger partial charge on any atom is -0.456 e. The Balaban J connectivity index is 2.73. The molecular formula is C23H25NO7. The Kier molecular flexibility index (Phi) is 8.43. The van der Waals surface area contributed by atoms with Crippen LogP contribution < -0.4 is 4.74 Å². The largest absolute Gasteiger partial charge is 0.456 e. The van der Waals surface area contributed by atoms with Crippen LogP contribution in [0.5, 0.6) is 5.75 Å². The Hall–Kier alpha value is -3.55. The molecule has 0 amide bonds. The lowest BCUT2D eigenvalue weighted by atomic mass is 9.83. The molecular weight excluding hydrogens is 402 g/mol. The molecule has 0 aromatic heterocycles. The SMILES string of the molecule is CCCCC(=O)[C@@H](c1ccccc1OC(C)=O)[C@@H](OC(C)=O)c1ccccc1[N+](=O)[O-]. The molecule has 2 rings (SSSR count). The smallest absolute Gasteiger partial charge is 0.308 e. The third kappa shape index (κ3) is 6.21. The van der Waals surface area contributed by atoms with E-state index in [1.165, 1.54) is 38.1 Å². The number of hydrogen-bond acceptors (Lipinski definition) is 7. The number of rotatable bonds is 10. The van der Waals surface area contributed by atoms with Crippen molar-refractivity contribution in [1.82, 2.24) is 0 Å². The second kappa shape index (κ2) is 11.0. The van der Waals surface area contributed by atoms with Crippen molar-refractivity contribution in [3.63, 3.8) is 0 Å². The van der Waals surface area contributed by atoms with Gasteiger partial charge in [0.05, 0.1) is 16.4 Å². The number of ketones is 1. The fourth-order valence-corrected chi connectivity index (χ4v) is 3.38. The third-order valence-electron chi connectivity index (χ3n) is 4.67. The lowest BCUT2D eigenvalue weighted by molar-refractivity contribution is -0.386. The highest BCUT2D eigenvalue weighted by molar-refractivity contribution is 5.88. The summed E-state index contributed by atoms with van der Waals surface area (Å²) in [7, 11) is 0. The van der Waals surface area contributed by atoms with Crippen LogP contribution in [-0.2, 0) is 19.1 Å². The maximum Gasteiger partial charge on any atom is 0.308 e. The van der Waals surface area contributed by atoms with E-state index in [0.29, 0.717) is 12.0 Å². The van der Waals surface area contributed by atoms with E-state index in [4.69, 9.17) is 9.47 Å². The Bertz CT molecular complexity index is 970. The predicted molar refractivity (Wildman–Crippen MR) is 113 cm³/mol. The summed E-state index contributed by atoms with van der Waals surface area (Å²) < 4.78 is 10.8. The highest BCUT2D eigenvalue weighted by atomic mass is 16.6. The lowest BCUT2D eigenvalue weighted by Crippen LogP contribution is -2.26. The van der Waals surface area contributed by atoms with Crippen LogP contribution in [0.3, 0.4) is 0 Å². The zero-order valence-corrected chi connectivity index (χ0v) is 17.7. The van der Waals surface area contributed by atoms with E-state index in [2.05, 4.69) is 0 Å². The van der Waals surface area contributed by atoms with Gasteiger partial charge in [0, 0.05) is 31.9 Å². The molecule has 0 bridgehead atoms. The molecule has 0 aliphatic heterocycles. The van der Waals surface area contributed by atoms with E-state index < -0.39 is 28.9 Å². The fraction of sp³-hybridized carbons (Fsp3) is 0.348. The molecule has 2 atom stereocenters. The molecule has 31 heavy (non-hydrogen) atoms. The third-order valence-corrected chi connectivity index (χ3v) is 4.67. The van der Waals surface area contributed by atoms with Crippen molar-refractivity contribution in [2.24, 2.45) is 0 Å². The molecule has 0 heterocycles. The minimum atomic E-state index is -1.26. The van der Waals surface area contributed by atoms with Crippen LogP contribution in [0.15, 0.2) is 48.5 Å². The van der Waals surface area contributed by atoms with Gasteiger partial charge in [-0.05, 0) is 18.6 Å². The first-order valence-electron chi connectivity index (χ1n) is 9.96. The zero-order chi connectivity index (χ0) is 23.0. The van der Waals surface area contributed by atoms with Crippen LogP contribution in [0.2, 0.25) is 0 Å². The van der Waals surface area contributed by atoms with Crippen molar-refractivity contribution in [3.8, 4) is 5.75 Å². The van der Waals surface area contributed by atoms with E-state index in [1.54, 1.807) is 24.3 Å². The molecule has 0 radical (unpaired) electrons. The van der Waals surface area contributed by atoms with E-state index in [1.807, 2.05) is 6.92 Å². The number of unbranched alkanes of at least 4 members (excludes halogenated alkanes) is 1. The second-order valence-corrected chi connectivity index (χ2v) is 7.02. The number of hydrogen-bond donors (Lipinski definition) is 0. The normalized spacial score (nSPS) is 12.5. The molecule has 8 nitrogen and oxygen atoms in total. The van der Waals surface area contributed by atoms with Gasteiger partial charge in [-0.3, -0.25) is 24.5 Å². The molecule has 0 aliphatic rings. The Labute approximate surface area is 180 Å². The number of carbonyl (C=O) groups excluding carboxylic acids is 3. The lowest BCUT2D eigenvalue weighted by Gasteiger charge is -2.27. The van der Waals surface area contributed by atoms with Gasteiger partial charge in [-0.25, -0.2) is 0 Å². The van der Waals surface area contributed by atoms with Crippen molar-refractivity contribution in [2.75, 3.05) is 0 Å². The monoisotopic (exact) mass is 427 g/mol. The number of nitro groups is 1. The molecule has 0 saturated carbocycles. The van der Waals surface area contributed by atoms with Crippen LogP contribution in [0, 0.1) is 10.1 Å². The fourth-order valence-electron chi connectivity index (χ4n) is 3.38. The standard InChI is InChI=1S/C23H25NO7/c1-4-5-13-20(27)22(18-11-7-9-14-21(18)30-15(2)25)23(31-16(3)26)17-10-6-8-12-19(17)24(28)29/h6-12,14,22-23H,4-5,13H2,1-3H3/t22-,23+/m1/s1. The van der Waals surface area contributed by atoms with Crippen LogP contribution in [0.25, 0.3) is 0 Å². The molecule has 0 fully saturated rings. The molecule has 0 saturated heterocycles. The van der Waals surface area contributed by atoms with Crippen molar-refractivity contribution in [1.29, 1.82) is 0 Å². The van der Waals surface area contributed by atoms with Crippen LogP contribution in [0.1, 0.15) is 63.2 Å².